The van der Waals surface area contributed by atoms with Gasteiger partial charge in [0.15, 0.2) is 0 Å². The molecule has 0 bridgehead atoms. The van der Waals surface area contributed by atoms with E-state index in [0.717, 1.165) is 24.1 Å². The van der Waals surface area contributed by atoms with Crippen LogP contribution in [0.2, 0.25) is 0 Å². The summed E-state index contributed by atoms with van der Waals surface area (Å²) < 4.78 is 0. The SMILES string of the molecule is CCN(CC)c1cccc2nc3ccccc3c(-c3ccccc3)c12.[Cl-].[Cl-].[Zn+2]. The summed E-state index contributed by atoms with van der Waals surface area (Å²) >= 11 is 0. The first-order chi connectivity index (χ1) is 12.3. The first kappa shape index (κ1) is 24.4. The van der Waals surface area contributed by atoms with Crippen LogP contribution in [0.15, 0.2) is 72.8 Å². The Balaban J connectivity index is 0.00000131. The Labute approximate surface area is 191 Å². The zero-order valence-electron chi connectivity index (χ0n) is 16.2. The third-order valence-electron chi connectivity index (χ3n) is 4.85. The third-order valence-corrected chi connectivity index (χ3v) is 4.85. The molecule has 0 radical (unpaired) electrons. The van der Waals surface area contributed by atoms with Crippen LogP contribution in [-0.4, -0.2) is 18.1 Å². The van der Waals surface area contributed by atoms with Crippen molar-refractivity contribution in [3.63, 3.8) is 0 Å². The molecule has 2 nitrogen and oxygen atoms in total. The van der Waals surface area contributed by atoms with Crippen LogP contribution in [0, 0.1) is 0 Å². The molecule has 1 aromatic heterocycles. The summed E-state index contributed by atoms with van der Waals surface area (Å²) in [7, 11) is 0. The number of anilines is 1. The Morgan fingerprint density at radius 2 is 1.32 bits per heavy atom. The number of hydrogen-bond donors (Lipinski definition) is 0. The molecule has 28 heavy (non-hydrogen) atoms. The Morgan fingerprint density at radius 3 is 2.00 bits per heavy atom. The predicted octanol–water partition coefficient (Wildman–Crippen LogP) is -0.0933. The second-order valence-electron chi connectivity index (χ2n) is 6.21. The van der Waals surface area contributed by atoms with E-state index < -0.39 is 0 Å². The molecule has 1 heterocycles. The fourth-order valence-corrected chi connectivity index (χ4v) is 3.66. The molecule has 0 unspecified atom stereocenters. The molecule has 0 aliphatic rings. The van der Waals surface area contributed by atoms with Gasteiger partial charge in [-0.25, -0.2) is 4.98 Å². The summed E-state index contributed by atoms with van der Waals surface area (Å²) in [5.41, 5.74) is 5.89. The molecule has 3 aromatic carbocycles. The van der Waals surface area contributed by atoms with Crippen molar-refractivity contribution in [1.29, 1.82) is 0 Å². The zero-order chi connectivity index (χ0) is 17.2. The molecule has 4 aromatic rings. The van der Waals surface area contributed by atoms with Gasteiger partial charge in [0.05, 0.1) is 11.0 Å². The summed E-state index contributed by atoms with van der Waals surface area (Å²) in [5, 5.41) is 2.46. The van der Waals surface area contributed by atoms with Gasteiger partial charge in [-0.1, -0.05) is 54.6 Å². The Morgan fingerprint density at radius 1 is 0.714 bits per heavy atom. The van der Waals surface area contributed by atoms with Crippen molar-refractivity contribution in [1.82, 2.24) is 4.98 Å². The first-order valence-electron chi connectivity index (χ1n) is 8.95. The maximum atomic E-state index is 4.95. The molecule has 0 saturated heterocycles. The van der Waals surface area contributed by atoms with Crippen LogP contribution in [0.25, 0.3) is 32.9 Å². The van der Waals surface area contributed by atoms with Crippen LogP contribution >= 0.6 is 0 Å². The van der Waals surface area contributed by atoms with Crippen LogP contribution in [0.4, 0.5) is 5.69 Å². The maximum Gasteiger partial charge on any atom is 2.00 e. The molecule has 0 fully saturated rings. The number of rotatable bonds is 4. The number of halogens is 2. The summed E-state index contributed by atoms with van der Waals surface area (Å²) in [6, 6.07) is 25.6. The normalized spacial score (nSPS) is 9.93. The number of fused-ring (bicyclic) bond motifs is 2. The van der Waals surface area contributed by atoms with Gasteiger partial charge in [0.1, 0.15) is 0 Å². The van der Waals surface area contributed by atoms with Crippen LogP contribution < -0.4 is 29.7 Å². The van der Waals surface area contributed by atoms with Gasteiger partial charge in [-0.15, -0.1) is 0 Å². The van der Waals surface area contributed by atoms with Crippen molar-refractivity contribution < 1.29 is 44.3 Å². The molecular formula is C23H22Cl2N2Zn. The Hall–Kier alpha value is -1.67. The van der Waals surface area contributed by atoms with Crippen molar-refractivity contribution in [2.75, 3.05) is 18.0 Å². The minimum Gasteiger partial charge on any atom is -1.00 e. The van der Waals surface area contributed by atoms with Crippen LogP contribution in [0.5, 0.6) is 0 Å². The molecule has 0 saturated carbocycles. The number of aromatic nitrogens is 1. The van der Waals surface area contributed by atoms with Gasteiger partial charge < -0.3 is 29.7 Å². The number of pyridine rings is 1. The standard InChI is InChI=1S/C23H22N2.2ClH.Zn/c1-3-25(4-2)21-16-10-15-20-23(21)22(17-11-6-5-7-12-17)18-13-8-9-14-19(18)24-20;;;/h5-16H,3-4H2,1-2H3;2*1H;/q;;;+2/p-2. The van der Waals surface area contributed by atoms with E-state index in [4.69, 9.17) is 4.98 Å². The Bertz CT molecular complexity index is 1030. The molecule has 0 aliphatic heterocycles. The quantitative estimate of drug-likeness (QED) is 0.311. The van der Waals surface area contributed by atoms with Gasteiger partial charge in [0.2, 0.25) is 0 Å². The van der Waals surface area contributed by atoms with Crippen molar-refractivity contribution in [3.05, 3.63) is 72.8 Å². The van der Waals surface area contributed by atoms with Crippen molar-refractivity contribution in [2.24, 2.45) is 0 Å². The average molecular weight is 463 g/mol. The van der Waals surface area contributed by atoms with Gasteiger partial charge in [-0.05, 0) is 37.6 Å². The van der Waals surface area contributed by atoms with Crippen molar-refractivity contribution >= 4 is 27.5 Å². The molecule has 0 amide bonds. The van der Waals surface area contributed by atoms with E-state index in [1.165, 1.54) is 27.6 Å². The molecule has 0 N–H and O–H groups in total. The number of para-hydroxylation sites is 1. The molecule has 5 heteroatoms. The van der Waals surface area contributed by atoms with Gasteiger partial charge >= 0.3 is 19.5 Å². The Kier molecular flexibility index (Phi) is 9.37. The number of nitrogens with zero attached hydrogens (tertiary/aromatic N) is 2. The summed E-state index contributed by atoms with van der Waals surface area (Å²) in [6.07, 6.45) is 0. The van der Waals surface area contributed by atoms with E-state index in [1.54, 1.807) is 0 Å². The van der Waals surface area contributed by atoms with Crippen molar-refractivity contribution in [2.45, 2.75) is 13.8 Å². The molecule has 0 aliphatic carbocycles. The number of hydrogen-bond acceptors (Lipinski definition) is 2. The largest absolute Gasteiger partial charge is 2.00 e. The summed E-state index contributed by atoms with van der Waals surface area (Å²) in [6.45, 7) is 6.38. The van der Waals surface area contributed by atoms with Crippen molar-refractivity contribution in [3.8, 4) is 11.1 Å². The minimum atomic E-state index is 0. The topological polar surface area (TPSA) is 16.1 Å². The van der Waals surface area contributed by atoms with Crippen LogP contribution in [0.3, 0.4) is 0 Å². The molecular weight excluding hydrogens is 441 g/mol. The molecule has 0 atom stereocenters. The third kappa shape index (κ3) is 4.33. The molecule has 0 spiro atoms. The zero-order valence-corrected chi connectivity index (χ0v) is 20.7. The van der Waals surface area contributed by atoms with E-state index in [0.29, 0.717) is 0 Å². The van der Waals surface area contributed by atoms with E-state index in [9.17, 15) is 0 Å². The average Bonchev–Trinajstić information content (AvgIpc) is 2.68. The van der Waals surface area contributed by atoms with Gasteiger partial charge in [0.25, 0.3) is 0 Å². The van der Waals surface area contributed by atoms with Gasteiger partial charge in [0, 0.05) is 35.1 Å². The van der Waals surface area contributed by atoms with E-state index in [2.05, 4.69) is 91.5 Å². The fourth-order valence-electron chi connectivity index (χ4n) is 3.66. The first-order valence-corrected chi connectivity index (χ1v) is 8.95. The maximum absolute atomic E-state index is 4.95. The van der Waals surface area contributed by atoms with Gasteiger partial charge in [-0.2, -0.15) is 0 Å². The monoisotopic (exact) mass is 460 g/mol. The predicted molar refractivity (Wildman–Crippen MR) is 108 cm³/mol. The van der Waals surface area contributed by atoms with Crippen LogP contribution in [0.1, 0.15) is 13.8 Å². The molecule has 140 valence electrons. The second-order valence-corrected chi connectivity index (χ2v) is 6.21. The van der Waals surface area contributed by atoms with E-state index in [1.807, 2.05) is 0 Å². The number of benzene rings is 3. The summed E-state index contributed by atoms with van der Waals surface area (Å²) in [5.74, 6) is 0. The van der Waals surface area contributed by atoms with E-state index >= 15 is 0 Å². The second kappa shape index (κ2) is 10.8. The smallest absolute Gasteiger partial charge is 1.00 e. The van der Waals surface area contributed by atoms with Gasteiger partial charge in [-0.3, -0.25) is 0 Å². The minimum absolute atomic E-state index is 0. The van der Waals surface area contributed by atoms with Crippen LogP contribution in [-0.2, 0) is 19.5 Å². The molecule has 4 rings (SSSR count). The summed E-state index contributed by atoms with van der Waals surface area (Å²) in [4.78, 5) is 7.36. The fraction of sp³-hybridized carbons (Fsp3) is 0.174. The van der Waals surface area contributed by atoms with E-state index in [-0.39, 0.29) is 44.3 Å².